The number of hydrogen-bond donors (Lipinski definition) is 0. The van der Waals surface area contributed by atoms with Crippen molar-refractivity contribution in [1.82, 2.24) is 4.57 Å². The molecular weight excluding hydrogens is 537 g/mol. The molecule has 1 aromatic heterocycles. The molecular formula is C31H16BrCl2N. The van der Waals surface area contributed by atoms with Crippen molar-refractivity contribution in [2.24, 2.45) is 0 Å². The zero-order chi connectivity index (χ0) is 23.5. The highest BCUT2D eigenvalue weighted by molar-refractivity contribution is 9.10. The van der Waals surface area contributed by atoms with Gasteiger partial charge in [-0.3, -0.25) is 0 Å². The van der Waals surface area contributed by atoms with Crippen LogP contribution in [-0.2, 0) is 5.41 Å². The molecule has 6 aromatic rings. The van der Waals surface area contributed by atoms with Crippen LogP contribution in [0.5, 0.6) is 0 Å². The summed E-state index contributed by atoms with van der Waals surface area (Å²) in [5.74, 6) is 0. The van der Waals surface area contributed by atoms with Crippen LogP contribution in [0.4, 0.5) is 0 Å². The van der Waals surface area contributed by atoms with E-state index in [1.54, 1.807) is 0 Å². The van der Waals surface area contributed by atoms with Crippen molar-refractivity contribution in [3.63, 3.8) is 0 Å². The lowest BCUT2D eigenvalue weighted by molar-refractivity contribution is 0.748. The molecule has 1 spiro atoms. The van der Waals surface area contributed by atoms with Crippen molar-refractivity contribution < 1.29 is 0 Å². The van der Waals surface area contributed by atoms with E-state index >= 15 is 0 Å². The van der Waals surface area contributed by atoms with Crippen LogP contribution in [0, 0.1) is 0 Å². The number of halogens is 3. The monoisotopic (exact) mass is 551 g/mol. The van der Waals surface area contributed by atoms with Gasteiger partial charge in [-0.25, -0.2) is 0 Å². The Balaban J connectivity index is 1.71. The summed E-state index contributed by atoms with van der Waals surface area (Å²) >= 11 is 17.2. The Kier molecular flexibility index (Phi) is 3.92. The summed E-state index contributed by atoms with van der Waals surface area (Å²) in [6.07, 6.45) is 0. The van der Waals surface area contributed by atoms with E-state index in [1.165, 1.54) is 44.6 Å². The molecule has 2 heterocycles. The molecule has 4 heteroatoms. The Labute approximate surface area is 220 Å². The molecule has 0 amide bonds. The molecule has 0 fully saturated rings. The highest BCUT2D eigenvalue weighted by atomic mass is 79.9. The number of fused-ring (bicyclic) bond motifs is 12. The molecule has 1 aliphatic heterocycles. The highest BCUT2D eigenvalue weighted by Gasteiger charge is 2.50. The van der Waals surface area contributed by atoms with Gasteiger partial charge in [0.1, 0.15) is 0 Å². The predicted octanol–water partition coefficient (Wildman–Crippen LogP) is 9.53. The summed E-state index contributed by atoms with van der Waals surface area (Å²) in [7, 11) is 0. The van der Waals surface area contributed by atoms with Gasteiger partial charge in [0.05, 0.1) is 22.1 Å². The quantitative estimate of drug-likeness (QED) is 0.176. The SMILES string of the molecule is Clc1ccc2c(c1)c1cc(Cl)cc3c1n2-c1ccc(Br)cc1C31c2ccccc2-c2ccccc21. The lowest BCUT2D eigenvalue weighted by Crippen LogP contribution is -2.33. The first-order valence-corrected chi connectivity index (χ1v) is 13.1. The topological polar surface area (TPSA) is 4.93 Å². The van der Waals surface area contributed by atoms with Gasteiger partial charge in [0.2, 0.25) is 0 Å². The van der Waals surface area contributed by atoms with Gasteiger partial charge in [-0.2, -0.15) is 0 Å². The molecule has 2 aliphatic rings. The van der Waals surface area contributed by atoms with Gasteiger partial charge in [0.25, 0.3) is 0 Å². The minimum atomic E-state index is -0.483. The van der Waals surface area contributed by atoms with Crippen molar-refractivity contribution in [2.45, 2.75) is 5.41 Å². The van der Waals surface area contributed by atoms with Crippen LogP contribution in [0.15, 0.2) is 102 Å². The lowest BCUT2D eigenvalue weighted by Gasteiger charge is -2.39. The molecule has 1 nitrogen and oxygen atoms in total. The van der Waals surface area contributed by atoms with Gasteiger partial charge in [-0.15, -0.1) is 0 Å². The van der Waals surface area contributed by atoms with Crippen LogP contribution in [0.25, 0.3) is 38.6 Å². The van der Waals surface area contributed by atoms with Gasteiger partial charge in [-0.1, -0.05) is 87.7 Å². The second-order valence-electron chi connectivity index (χ2n) is 9.35. The van der Waals surface area contributed by atoms with Gasteiger partial charge in [0, 0.05) is 25.3 Å². The molecule has 0 N–H and O–H groups in total. The van der Waals surface area contributed by atoms with Crippen LogP contribution >= 0.6 is 39.1 Å². The first-order valence-electron chi connectivity index (χ1n) is 11.5. The van der Waals surface area contributed by atoms with Crippen LogP contribution in [0.1, 0.15) is 22.3 Å². The summed E-state index contributed by atoms with van der Waals surface area (Å²) in [5, 5.41) is 3.69. The Hall–Kier alpha value is -3.04. The molecule has 5 aromatic carbocycles. The number of benzene rings is 5. The minimum Gasteiger partial charge on any atom is -0.309 e. The summed E-state index contributed by atoms with van der Waals surface area (Å²) in [5.41, 5.74) is 10.6. The molecule has 0 unspecified atom stereocenters. The van der Waals surface area contributed by atoms with Gasteiger partial charge < -0.3 is 4.57 Å². The number of nitrogens with zero attached hydrogens (tertiary/aromatic N) is 1. The van der Waals surface area contributed by atoms with Crippen molar-refractivity contribution in [3.8, 4) is 16.8 Å². The van der Waals surface area contributed by atoms with E-state index in [4.69, 9.17) is 23.2 Å². The average Bonchev–Trinajstić information content (AvgIpc) is 3.34. The van der Waals surface area contributed by atoms with E-state index < -0.39 is 5.41 Å². The molecule has 0 atom stereocenters. The van der Waals surface area contributed by atoms with E-state index in [9.17, 15) is 0 Å². The molecule has 1 aliphatic carbocycles. The van der Waals surface area contributed by atoms with Crippen molar-refractivity contribution in [1.29, 1.82) is 0 Å². The first kappa shape index (κ1) is 20.2. The standard InChI is InChI=1S/C31H16BrCl2N/c32-17-9-11-29-26(13-17)31(24-7-3-1-5-20(24)21-6-2-4-8-25(21)31)27-16-19(34)15-23-22-14-18(33)10-12-28(22)35(29)30(23)27/h1-16H. The number of rotatable bonds is 0. The zero-order valence-electron chi connectivity index (χ0n) is 18.3. The van der Waals surface area contributed by atoms with Gasteiger partial charge in [-0.05, 0) is 81.9 Å². The summed E-state index contributed by atoms with van der Waals surface area (Å²) in [6.45, 7) is 0. The fraction of sp³-hybridized carbons (Fsp3) is 0.0323. The molecule has 0 saturated heterocycles. The fourth-order valence-corrected chi connectivity index (χ4v) is 7.34. The van der Waals surface area contributed by atoms with Crippen LogP contribution in [0.3, 0.4) is 0 Å². The van der Waals surface area contributed by atoms with Gasteiger partial charge >= 0.3 is 0 Å². The fourth-order valence-electron chi connectivity index (χ4n) is 6.59. The maximum Gasteiger partial charge on any atom is 0.0755 e. The maximum absolute atomic E-state index is 6.90. The van der Waals surface area contributed by atoms with Crippen LogP contribution in [0.2, 0.25) is 10.0 Å². The maximum atomic E-state index is 6.90. The Bertz CT molecular complexity index is 1850. The van der Waals surface area contributed by atoms with Crippen molar-refractivity contribution in [3.05, 3.63) is 134 Å². The third-order valence-corrected chi connectivity index (χ3v) is 8.69. The van der Waals surface area contributed by atoms with Crippen LogP contribution < -0.4 is 0 Å². The smallest absolute Gasteiger partial charge is 0.0755 e. The van der Waals surface area contributed by atoms with E-state index in [2.05, 4.69) is 111 Å². The number of hydrogen-bond acceptors (Lipinski definition) is 0. The van der Waals surface area contributed by atoms with Crippen molar-refractivity contribution >= 4 is 60.9 Å². The largest absolute Gasteiger partial charge is 0.309 e. The molecule has 0 radical (unpaired) electrons. The second-order valence-corrected chi connectivity index (χ2v) is 11.1. The minimum absolute atomic E-state index is 0.483. The summed E-state index contributed by atoms with van der Waals surface area (Å²) < 4.78 is 3.45. The Morgan fingerprint density at radius 3 is 2.03 bits per heavy atom. The van der Waals surface area contributed by atoms with E-state index in [0.29, 0.717) is 0 Å². The normalized spacial score (nSPS) is 14.4. The molecule has 0 bridgehead atoms. The van der Waals surface area contributed by atoms with Crippen molar-refractivity contribution in [2.75, 3.05) is 0 Å². The van der Waals surface area contributed by atoms with E-state index in [0.717, 1.165) is 30.8 Å². The zero-order valence-corrected chi connectivity index (χ0v) is 21.4. The summed E-state index contributed by atoms with van der Waals surface area (Å²) in [4.78, 5) is 0. The average molecular weight is 553 g/mol. The third kappa shape index (κ3) is 2.36. The second kappa shape index (κ2) is 6.79. The highest BCUT2D eigenvalue weighted by Crippen LogP contribution is 2.61. The number of aromatic nitrogens is 1. The van der Waals surface area contributed by atoms with E-state index in [1.807, 2.05) is 6.07 Å². The summed E-state index contributed by atoms with van der Waals surface area (Å²) in [6, 6.07) is 34.7. The first-order chi connectivity index (χ1) is 17.1. The molecule has 8 rings (SSSR count). The third-order valence-electron chi connectivity index (χ3n) is 7.75. The molecule has 0 saturated carbocycles. The predicted molar refractivity (Wildman–Crippen MR) is 149 cm³/mol. The van der Waals surface area contributed by atoms with Crippen LogP contribution in [-0.4, -0.2) is 4.57 Å². The lowest BCUT2D eigenvalue weighted by atomic mass is 9.65. The molecule has 166 valence electrons. The molecule has 35 heavy (non-hydrogen) atoms. The Morgan fingerprint density at radius 2 is 1.29 bits per heavy atom. The van der Waals surface area contributed by atoms with E-state index in [-0.39, 0.29) is 0 Å². The van der Waals surface area contributed by atoms with Gasteiger partial charge in [0.15, 0.2) is 0 Å². The Morgan fingerprint density at radius 1 is 0.600 bits per heavy atom.